The van der Waals surface area contributed by atoms with Crippen molar-refractivity contribution in [3.63, 3.8) is 0 Å². The molecule has 1 unspecified atom stereocenters. The lowest BCUT2D eigenvalue weighted by Gasteiger charge is -2.28. The Labute approximate surface area is 129 Å². The zero-order chi connectivity index (χ0) is 15.1. The van der Waals surface area contributed by atoms with Gasteiger partial charge in [0.15, 0.2) is 0 Å². The molecule has 4 heteroatoms. The molecule has 21 heavy (non-hydrogen) atoms. The molecule has 1 aliphatic rings. The fourth-order valence-electron chi connectivity index (χ4n) is 3.29. The summed E-state index contributed by atoms with van der Waals surface area (Å²) in [5.74, 6) is 0.374. The molecule has 0 radical (unpaired) electrons. The number of hydrogen-bond donors (Lipinski definition) is 1. The van der Waals surface area contributed by atoms with Crippen molar-refractivity contribution in [3.8, 4) is 0 Å². The first-order valence-corrected chi connectivity index (χ1v) is 8.64. The van der Waals surface area contributed by atoms with Crippen LogP contribution in [0.2, 0.25) is 6.32 Å². The Morgan fingerprint density at radius 2 is 1.86 bits per heavy atom. The maximum atomic E-state index is 12.9. The molecule has 0 saturated carbocycles. The standard InChI is InChI=1S/C17H20BNOS/c1-4-18-13-7-5-6-8-14(13)21(20)15-10-9-12(11(2)3)17(19)16(15)18/h5-11H,4,19H2,1-3H3. The first-order chi connectivity index (χ1) is 10.1. The second kappa shape index (κ2) is 5.34. The van der Waals surface area contributed by atoms with Gasteiger partial charge in [-0.15, -0.1) is 0 Å². The highest BCUT2D eigenvalue weighted by molar-refractivity contribution is 7.86. The molecule has 1 heterocycles. The lowest BCUT2D eigenvalue weighted by Crippen LogP contribution is -2.50. The van der Waals surface area contributed by atoms with Crippen LogP contribution in [0.3, 0.4) is 0 Å². The average Bonchev–Trinajstić information content (AvgIpc) is 2.48. The number of hydrogen-bond acceptors (Lipinski definition) is 2. The topological polar surface area (TPSA) is 43.1 Å². The number of fused-ring (bicyclic) bond motifs is 2. The molecule has 3 rings (SSSR count). The predicted octanol–water partition coefficient (Wildman–Crippen LogP) is 2.50. The summed E-state index contributed by atoms with van der Waals surface area (Å²) >= 11 is 0. The van der Waals surface area contributed by atoms with Gasteiger partial charge < -0.3 is 5.73 Å². The summed E-state index contributed by atoms with van der Waals surface area (Å²) in [7, 11) is -1.12. The maximum absolute atomic E-state index is 12.9. The predicted molar refractivity (Wildman–Crippen MR) is 91.6 cm³/mol. The Morgan fingerprint density at radius 3 is 2.52 bits per heavy atom. The molecule has 0 bridgehead atoms. The van der Waals surface area contributed by atoms with Gasteiger partial charge in [-0.3, -0.25) is 0 Å². The minimum atomic E-state index is -1.12. The van der Waals surface area contributed by atoms with E-state index in [1.54, 1.807) is 0 Å². The van der Waals surface area contributed by atoms with Crippen LogP contribution >= 0.6 is 0 Å². The summed E-state index contributed by atoms with van der Waals surface area (Å²) in [6, 6.07) is 12.1. The lowest BCUT2D eigenvalue weighted by molar-refractivity contribution is 0.683. The van der Waals surface area contributed by atoms with Crippen molar-refractivity contribution < 1.29 is 4.21 Å². The zero-order valence-corrected chi connectivity index (χ0v) is 13.5. The minimum absolute atomic E-state index is 0.243. The van der Waals surface area contributed by atoms with Crippen LogP contribution in [0.1, 0.15) is 32.3 Å². The van der Waals surface area contributed by atoms with Gasteiger partial charge in [0, 0.05) is 15.5 Å². The van der Waals surface area contributed by atoms with Crippen molar-refractivity contribution in [1.29, 1.82) is 0 Å². The number of benzene rings is 2. The molecule has 0 aliphatic carbocycles. The smallest absolute Gasteiger partial charge is 0.214 e. The molecule has 108 valence electrons. The molecule has 2 N–H and O–H groups in total. The number of rotatable bonds is 2. The summed E-state index contributed by atoms with van der Waals surface area (Å²) in [6.07, 6.45) is 0.965. The largest absolute Gasteiger partial charge is 0.399 e. The van der Waals surface area contributed by atoms with Crippen LogP contribution in [0.25, 0.3) is 0 Å². The second-order valence-electron chi connectivity index (χ2n) is 5.90. The second-order valence-corrected chi connectivity index (χ2v) is 7.32. The summed E-state index contributed by atoms with van der Waals surface area (Å²) in [6.45, 7) is 6.70. The molecule has 1 aliphatic heterocycles. The van der Waals surface area contributed by atoms with E-state index >= 15 is 0 Å². The van der Waals surface area contributed by atoms with E-state index in [1.807, 2.05) is 30.3 Å². The van der Waals surface area contributed by atoms with E-state index in [0.717, 1.165) is 32.8 Å². The highest BCUT2D eigenvalue weighted by Gasteiger charge is 2.34. The monoisotopic (exact) mass is 297 g/mol. The van der Waals surface area contributed by atoms with Gasteiger partial charge in [0.1, 0.15) is 0 Å². The Hall–Kier alpha value is -1.55. The number of anilines is 1. The van der Waals surface area contributed by atoms with Gasteiger partial charge in [0.2, 0.25) is 6.71 Å². The normalized spacial score (nSPS) is 16.8. The Balaban J connectivity index is 2.30. The van der Waals surface area contributed by atoms with Gasteiger partial charge in [-0.1, -0.05) is 56.8 Å². The van der Waals surface area contributed by atoms with Crippen LogP contribution in [-0.2, 0) is 10.8 Å². The molecule has 0 spiro atoms. The summed E-state index contributed by atoms with van der Waals surface area (Å²) in [5.41, 5.74) is 10.7. The maximum Gasteiger partial charge on any atom is 0.214 e. The molecule has 0 aromatic heterocycles. The zero-order valence-electron chi connectivity index (χ0n) is 12.7. The first-order valence-electron chi connectivity index (χ1n) is 7.49. The van der Waals surface area contributed by atoms with Gasteiger partial charge in [-0.2, -0.15) is 0 Å². The van der Waals surface area contributed by atoms with E-state index in [0.29, 0.717) is 5.92 Å². The summed E-state index contributed by atoms with van der Waals surface area (Å²) in [5, 5.41) is 0. The Bertz CT molecular complexity index is 727. The third-order valence-electron chi connectivity index (χ3n) is 4.35. The lowest BCUT2D eigenvalue weighted by atomic mass is 9.38. The molecule has 0 amide bonds. The Morgan fingerprint density at radius 1 is 1.14 bits per heavy atom. The van der Waals surface area contributed by atoms with Crippen LogP contribution in [0.5, 0.6) is 0 Å². The van der Waals surface area contributed by atoms with Crippen LogP contribution < -0.4 is 16.7 Å². The average molecular weight is 297 g/mol. The van der Waals surface area contributed by atoms with Crippen molar-refractivity contribution >= 4 is 34.1 Å². The summed E-state index contributed by atoms with van der Waals surface area (Å²) < 4.78 is 12.9. The van der Waals surface area contributed by atoms with E-state index < -0.39 is 10.8 Å². The summed E-state index contributed by atoms with van der Waals surface area (Å²) in [4.78, 5) is 1.83. The molecule has 0 saturated heterocycles. The van der Waals surface area contributed by atoms with Crippen molar-refractivity contribution in [1.82, 2.24) is 0 Å². The van der Waals surface area contributed by atoms with Crippen LogP contribution in [-0.4, -0.2) is 10.9 Å². The third kappa shape index (κ3) is 2.13. The van der Waals surface area contributed by atoms with Gasteiger partial charge >= 0.3 is 0 Å². The van der Waals surface area contributed by atoms with Gasteiger partial charge in [-0.25, -0.2) is 4.21 Å². The van der Waals surface area contributed by atoms with Crippen LogP contribution in [0.4, 0.5) is 5.69 Å². The van der Waals surface area contributed by atoms with Crippen molar-refractivity contribution in [2.45, 2.75) is 42.8 Å². The van der Waals surface area contributed by atoms with E-state index in [4.69, 9.17) is 5.73 Å². The van der Waals surface area contributed by atoms with Crippen LogP contribution in [0.15, 0.2) is 46.2 Å². The van der Waals surface area contributed by atoms with Crippen molar-refractivity contribution in [2.75, 3.05) is 5.73 Å². The quantitative estimate of drug-likeness (QED) is 0.683. The molecule has 2 aromatic carbocycles. The van der Waals surface area contributed by atoms with Crippen molar-refractivity contribution in [2.24, 2.45) is 0 Å². The molecular weight excluding hydrogens is 277 g/mol. The van der Waals surface area contributed by atoms with E-state index in [9.17, 15) is 4.21 Å². The molecular formula is C17H20BNOS. The minimum Gasteiger partial charge on any atom is -0.399 e. The van der Waals surface area contributed by atoms with Gasteiger partial charge in [-0.05, 0) is 29.1 Å². The van der Waals surface area contributed by atoms with E-state index in [2.05, 4.69) is 26.8 Å². The third-order valence-corrected chi connectivity index (χ3v) is 5.88. The fourth-order valence-corrected chi connectivity index (χ4v) is 4.80. The highest BCUT2D eigenvalue weighted by atomic mass is 32.2. The number of nitrogens with two attached hydrogens (primary N) is 1. The molecule has 1 atom stereocenters. The van der Waals surface area contributed by atoms with Crippen LogP contribution in [0, 0.1) is 0 Å². The molecule has 2 aromatic rings. The Kier molecular flexibility index (Phi) is 3.66. The van der Waals surface area contributed by atoms with E-state index in [-0.39, 0.29) is 6.71 Å². The van der Waals surface area contributed by atoms with E-state index in [1.165, 1.54) is 5.46 Å². The molecule has 2 nitrogen and oxygen atoms in total. The van der Waals surface area contributed by atoms with Gasteiger partial charge in [0.05, 0.1) is 10.8 Å². The van der Waals surface area contributed by atoms with Gasteiger partial charge in [0.25, 0.3) is 0 Å². The first kappa shape index (κ1) is 14.4. The fraction of sp³-hybridized carbons (Fsp3) is 0.294. The SMILES string of the molecule is CCB1c2ccccc2S(=O)c2ccc(C(C)C)c(N)c21. The number of nitrogen functional groups attached to an aromatic ring is 1. The highest BCUT2D eigenvalue weighted by Crippen LogP contribution is 2.28. The molecule has 0 fully saturated rings. The van der Waals surface area contributed by atoms with Crippen molar-refractivity contribution in [3.05, 3.63) is 42.0 Å².